The van der Waals surface area contributed by atoms with Crippen molar-refractivity contribution in [2.24, 2.45) is 5.73 Å². The summed E-state index contributed by atoms with van der Waals surface area (Å²) in [6.07, 6.45) is 4.64. The second-order valence-electron chi connectivity index (χ2n) is 4.26. The molecule has 0 aromatic carbocycles. The Morgan fingerprint density at radius 3 is 3.12 bits per heavy atom. The highest BCUT2D eigenvalue weighted by Gasteiger charge is 2.22. The number of hydrogen-bond acceptors (Lipinski definition) is 5. The molecule has 1 saturated heterocycles. The molecular weight excluding hydrogens is 204 g/mol. The molecule has 1 aliphatic heterocycles. The van der Waals surface area contributed by atoms with Gasteiger partial charge in [0.1, 0.15) is 5.52 Å². The van der Waals surface area contributed by atoms with Crippen molar-refractivity contribution < 1.29 is 0 Å². The van der Waals surface area contributed by atoms with Crippen molar-refractivity contribution in [2.45, 2.75) is 19.4 Å². The minimum absolute atomic E-state index is 0.248. The Hall–Kier alpha value is -1.69. The second kappa shape index (κ2) is 3.41. The Morgan fingerprint density at radius 1 is 1.50 bits per heavy atom. The summed E-state index contributed by atoms with van der Waals surface area (Å²) in [5, 5.41) is 7.91. The Bertz CT molecular complexity index is 519. The fraction of sp³-hybridized carbons (Fsp3) is 0.500. The predicted molar refractivity (Wildman–Crippen MR) is 60.3 cm³/mol. The quantitative estimate of drug-likeness (QED) is 0.727. The van der Waals surface area contributed by atoms with Crippen molar-refractivity contribution in [1.29, 1.82) is 0 Å². The maximum atomic E-state index is 5.91. The molecule has 3 rings (SSSR count). The molecule has 2 aromatic rings. The van der Waals surface area contributed by atoms with E-state index in [0.717, 1.165) is 36.5 Å². The van der Waals surface area contributed by atoms with Gasteiger partial charge in [-0.05, 0) is 13.3 Å². The molecule has 0 aliphatic carbocycles. The van der Waals surface area contributed by atoms with Crippen LogP contribution >= 0.6 is 0 Å². The molecule has 84 valence electrons. The van der Waals surface area contributed by atoms with E-state index in [-0.39, 0.29) is 6.04 Å². The van der Waals surface area contributed by atoms with Crippen LogP contribution in [0.1, 0.15) is 12.1 Å². The molecule has 1 atom stereocenters. The van der Waals surface area contributed by atoms with E-state index in [4.69, 9.17) is 5.73 Å². The van der Waals surface area contributed by atoms with Crippen LogP contribution in [-0.4, -0.2) is 38.9 Å². The van der Waals surface area contributed by atoms with Gasteiger partial charge in [-0.1, -0.05) is 5.21 Å². The van der Waals surface area contributed by atoms with Crippen LogP contribution in [0.2, 0.25) is 0 Å². The van der Waals surface area contributed by atoms with E-state index in [1.807, 2.05) is 13.1 Å². The van der Waals surface area contributed by atoms with Crippen LogP contribution in [-0.2, 0) is 0 Å². The summed E-state index contributed by atoms with van der Waals surface area (Å²) in [7, 11) is 0. The van der Waals surface area contributed by atoms with Gasteiger partial charge in [-0.15, -0.1) is 5.10 Å². The van der Waals surface area contributed by atoms with Gasteiger partial charge in [-0.3, -0.25) is 0 Å². The van der Waals surface area contributed by atoms with Gasteiger partial charge < -0.3 is 10.6 Å². The lowest BCUT2D eigenvalue weighted by Gasteiger charge is -2.17. The highest BCUT2D eigenvalue weighted by atomic mass is 15.4. The average molecular weight is 218 g/mol. The summed E-state index contributed by atoms with van der Waals surface area (Å²) in [5.74, 6) is 0.943. The van der Waals surface area contributed by atoms with Crippen molar-refractivity contribution in [1.82, 2.24) is 19.8 Å². The summed E-state index contributed by atoms with van der Waals surface area (Å²) < 4.78 is 1.77. The molecule has 1 aliphatic rings. The van der Waals surface area contributed by atoms with Gasteiger partial charge in [0, 0.05) is 19.1 Å². The molecule has 2 N–H and O–H groups in total. The minimum atomic E-state index is 0.248. The Kier molecular flexibility index (Phi) is 2.03. The summed E-state index contributed by atoms with van der Waals surface area (Å²) in [4.78, 5) is 6.76. The number of anilines is 1. The van der Waals surface area contributed by atoms with Crippen LogP contribution in [0.3, 0.4) is 0 Å². The van der Waals surface area contributed by atoms with Crippen LogP contribution in [0.15, 0.2) is 12.4 Å². The van der Waals surface area contributed by atoms with Gasteiger partial charge in [0.25, 0.3) is 0 Å². The SMILES string of the molecule is Cc1cn2nncc2c(N2CC[C@H](N)C2)n1. The van der Waals surface area contributed by atoms with Crippen LogP contribution < -0.4 is 10.6 Å². The van der Waals surface area contributed by atoms with Crippen LogP contribution in [0.5, 0.6) is 0 Å². The highest BCUT2D eigenvalue weighted by molar-refractivity contribution is 5.68. The Balaban J connectivity index is 2.11. The van der Waals surface area contributed by atoms with Gasteiger partial charge in [0.2, 0.25) is 0 Å². The third kappa shape index (κ3) is 1.42. The Labute approximate surface area is 93.1 Å². The van der Waals surface area contributed by atoms with Gasteiger partial charge in [0.15, 0.2) is 5.82 Å². The topological polar surface area (TPSA) is 72.3 Å². The van der Waals surface area contributed by atoms with E-state index in [9.17, 15) is 0 Å². The van der Waals surface area contributed by atoms with E-state index in [1.165, 1.54) is 0 Å². The van der Waals surface area contributed by atoms with Crippen molar-refractivity contribution in [3.05, 3.63) is 18.1 Å². The van der Waals surface area contributed by atoms with E-state index in [1.54, 1.807) is 10.7 Å². The number of fused-ring (bicyclic) bond motifs is 1. The first kappa shape index (κ1) is 9.53. The molecule has 0 amide bonds. The average Bonchev–Trinajstić information content (AvgIpc) is 2.84. The largest absolute Gasteiger partial charge is 0.353 e. The molecule has 0 saturated carbocycles. The summed E-state index contributed by atoms with van der Waals surface area (Å²) in [6, 6.07) is 0.248. The van der Waals surface area contributed by atoms with Crippen molar-refractivity contribution >= 4 is 11.3 Å². The number of nitrogens with zero attached hydrogens (tertiary/aromatic N) is 5. The number of rotatable bonds is 1. The van der Waals surface area contributed by atoms with Crippen LogP contribution in [0.4, 0.5) is 5.82 Å². The molecular formula is C10H14N6. The molecule has 6 heteroatoms. The van der Waals surface area contributed by atoms with Crippen molar-refractivity contribution in [3.63, 3.8) is 0 Å². The van der Waals surface area contributed by atoms with Gasteiger partial charge in [0.05, 0.1) is 18.1 Å². The zero-order valence-corrected chi connectivity index (χ0v) is 9.17. The molecule has 0 spiro atoms. The van der Waals surface area contributed by atoms with Gasteiger partial charge >= 0.3 is 0 Å². The number of aryl methyl sites for hydroxylation is 1. The van der Waals surface area contributed by atoms with E-state index in [0.29, 0.717) is 0 Å². The smallest absolute Gasteiger partial charge is 0.156 e. The summed E-state index contributed by atoms with van der Waals surface area (Å²) >= 11 is 0. The lowest BCUT2D eigenvalue weighted by Crippen LogP contribution is -2.27. The normalized spacial score (nSPS) is 20.9. The molecule has 6 nitrogen and oxygen atoms in total. The fourth-order valence-electron chi connectivity index (χ4n) is 2.14. The zero-order valence-electron chi connectivity index (χ0n) is 9.17. The third-order valence-electron chi connectivity index (χ3n) is 2.92. The van der Waals surface area contributed by atoms with Crippen LogP contribution in [0.25, 0.3) is 5.52 Å². The maximum absolute atomic E-state index is 5.91. The molecule has 0 radical (unpaired) electrons. The van der Waals surface area contributed by atoms with Crippen molar-refractivity contribution in [3.8, 4) is 0 Å². The lowest BCUT2D eigenvalue weighted by atomic mass is 10.3. The fourth-order valence-corrected chi connectivity index (χ4v) is 2.14. The Morgan fingerprint density at radius 2 is 2.38 bits per heavy atom. The second-order valence-corrected chi connectivity index (χ2v) is 4.26. The highest BCUT2D eigenvalue weighted by Crippen LogP contribution is 2.22. The molecule has 16 heavy (non-hydrogen) atoms. The summed E-state index contributed by atoms with van der Waals surface area (Å²) in [6.45, 7) is 3.77. The molecule has 0 bridgehead atoms. The summed E-state index contributed by atoms with van der Waals surface area (Å²) in [5.41, 5.74) is 7.79. The van der Waals surface area contributed by atoms with Gasteiger partial charge in [-0.25, -0.2) is 9.50 Å². The molecule has 0 unspecified atom stereocenters. The third-order valence-corrected chi connectivity index (χ3v) is 2.92. The lowest BCUT2D eigenvalue weighted by molar-refractivity contribution is 0.751. The monoisotopic (exact) mass is 218 g/mol. The number of aromatic nitrogens is 4. The number of hydrogen-bond donors (Lipinski definition) is 1. The van der Waals surface area contributed by atoms with E-state index < -0.39 is 0 Å². The zero-order chi connectivity index (χ0) is 11.1. The number of nitrogens with two attached hydrogens (primary N) is 1. The predicted octanol–water partition coefficient (Wildman–Crippen LogP) is -0.0299. The molecule has 1 fully saturated rings. The first-order valence-corrected chi connectivity index (χ1v) is 5.42. The standard InChI is InChI=1S/C10H14N6/c1-7-5-16-9(4-12-14-16)10(13-7)15-3-2-8(11)6-15/h4-5,8H,2-3,6,11H2,1H3/t8-/m0/s1. The first-order chi connectivity index (χ1) is 7.74. The molecule has 3 heterocycles. The van der Waals surface area contributed by atoms with Crippen molar-refractivity contribution in [2.75, 3.05) is 18.0 Å². The maximum Gasteiger partial charge on any atom is 0.156 e. The molecule has 2 aromatic heterocycles. The van der Waals surface area contributed by atoms with Crippen LogP contribution in [0, 0.1) is 6.92 Å². The van der Waals surface area contributed by atoms with Gasteiger partial charge in [-0.2, -0.15) is 0 Å². The van der Waals surface area contributed by atoms with E-state index in [2.05, 4.69) is 20.2 Å². The minimum Gasteiger partial charge on any atom is -0.353 e. The van der Waals surface area contributed by atoms with E-state index >= 15 is 0 Å². The first-order valence-electron chi connectivity index (χ1n) is 5.42.